The molecule has 0 spiro atoms. The quantitative estimate of drug-likeness (QED) is 0.533. The van der Waals surface area contributed by atoms with Crippen LogP contribution in [0.2, 0.25) is 0 Å². The molecule has 2 saturated heterocycles. The number of nitrogens with zero attached hydrogens (tertiary/aromatic N) is 2. The topological polar surface area (TPSA) is 62.1 Å². The summed E-state index contributed by atoms with van der Waals surface area (Å²) in [6.07, 6.45) is 2.24. The van der Waals surface area contributed by atoms with Crippen LogP contribution in [0.3, 0.4) is 0 Å². The third-order valence-corrected chi connectivity index (χ3v) is 3.49. The summed E-state index contributed by atoms with van der Waals surface area (Å²) in [5.41, 5.74) is 0.791. The lowest BCUT2D eigenvalue weighted by atomic mass is 9.99. The van der Waals surface area contributed by atoms with Crippen LogP contribution in [0.15, 0.2) is 5.16 Å². The van der Waals surface area contributed by atoms with E-state index in [1.165, 1.54) is 0 Å². The second kappa shape index (κ2) is 4.82. The minimum Gasteiger partial charge on any atom is -0.411 e. The van der Waals surface area contributed by atoms with Crippen molar-refractivity contribution in [3.63, 3.8) is 0 Å². The van der Waals surface area contributed by atoms with E-state index in [1.54, 1.807) is 0 Å². The average molecular weight is 226 g/mol. The van der Waals surface area contributed by atoms with Crippen LogP contribution in [0.5, 0.6) is 0 Å². The van der Waals surface area contributed by atoms with E-state index < -0.39 is 0 Å². The van der Waals surface area contributed by atoms with Crippen molar-refractivity contribution in [2.45, 2.75) is 32.3 Å². The third-order valence-electron chi connectivity index (χ3n) is 3.49. The molecule has 0 aromatic heterocycles. The van der Waals surface area contributed by atoms with Crippen molar-refractivity contribution in [3.8, 4) is 0 Å². The maximum atomic E-state index is 12.1. The second-order valence-electron chi connectivity index (χ2n) is 4.46. The highest BCUT2D eigenvalue weighted by atomic mass is 16.5. The smallest absolute Gasteiger partial charge is 0.228 e. The summed E-state index contributed by atoms with van der Waals surface area (Å²) in [7, 11) is 0. The largest absolute Gasteiger partial charge is 0.411 e. The zero-order valence-electron chi connectivity index (χ0n) is 9.56. The predicted molar refractivity (Wildman–Crippen MR) is 58.6 cm³/mol. The molecule has 2 atom stereocenters. The zero-order valence-corrected chi connectivity index (χ0v) is 9.56. The standard InChI is InChI=1S/C11H18N2O3/c1-8-10(4-7-16-8)11(14)13-5-2-9(12-15)3-6-13/h8,10,15H,2-7H2,1H3. The van der Waals surface area contributed by atoms with E-state index in [-0.39, 0.29) is 17.9 Å². The fourth-order valence-electron chi connectivity index (χ4n) is 2.38. The van der Waals surface area contributed by atoms with Crippen molar-refractivity contribution in [3.05, 3.63) is 0 Å². The van der Waals surface area contributed by atoms with Gasteiger partial charge in [0.25, 0.3) is 0 Å². The number of likely N-dealkylation sites (tertiary alicyclic amines) is 1. The number of oxime groups is 1. The molecule has 0 radical (unpaired) electrons. The first-order chi connectivity index (χ1) is 7.72. The van der Waals surface area contributed by atoms with Crippen molar-refractivity contribution < 1.29 is 14.7 Å². The monoisotopic (exact) mass is 226 g/mol. The van der Waals surface area contributed by atoms with Crippen molar-refractivity contribution in [1.29, 1.82) is 0 Å². The number of piperidine rings is 1. The Balaban J connectivity index is 1.91. The predicted octanol–water partition coefficient (Wildman–Crippen LogP) is 0.864. The van der Waals surface area contributed by atoms with Gasteiger partial charge in [0.05, 0.1) is 17.7 Å². The van der Waals surface area contributed by atoms with Crippen LogP contribution in [0.1, 0.15) is 26.2 Å². The van der Waals surface area contributed by atoms with Crippen LogP contribution in [0.4, 0.5) is 0 Å². The van der Waals surface area contributed by atoms with E-state index in [1.807, 2.05) is 11.8 Å². The zero-order chi connectivity index (χ0) is 11.5. The highest BCUT2D eigenvalue weighted by molar-refractivity contribution is 5.87. The number of rotatable bonds is 1. The SMILES string of the molecule is CC1OCCC1C(=O)N1CCC(=NO)CC1. The molecule has 16 heavy (non-hydrogen) atoms. The lowest BCUT2D eigenvalue weighted by Gasteiger charge is -2.30. The molecule has 2 fully saturated rings. The Morgan fingerprint density at radius 3 is 2.69 bits per heavy atom. The molecular formula is C11H18N2O3. The number of amides is 1. The maximum Gasteiger partial charge on any atom is 0.228 e. The first-order valence-corrected chi connectivity index (χ1v) is 5.82. The first-order valence-electron chi connectivity index (χ1n) is 5.82. The Hall–Kier alpha value is -1.10. The second-order valence-corrected chi connectivity index (χ2v) is 4.46. The lowest BCUT2D eigenvalue weighted by molar-refractivity contribution is -0.137. The molecule has 0 aromatic rings. The number of hydrogen-bond acceptors (Lipinski definition) is 4. The molecule has 2 unspecified atom stereocenters. The van der Waals surface area contributed by atoms with Crippen LogP contribution >= 0.6 is 0 Å². The third kappa shape index (κ3) is 2.19. The van der Waals surface area contributed by atoms with Crippen molar-refractivity contribution in [1.82, 2.24) is 4.90 Å². The summed E-state index contributed by atoms with van der Waals surface area (Å²) in [6.45, 7) is 3.98. The van der Waals surface area contributed by atoms with Crippen molar-refractivity contribution in [2.75, 3.05) is 19.7 Å². The molecule has 2 heterocycles. The molecule has 90 valence electrons. The van der Waals surface area contributed by atoms with Gasteiger partial charge in [0, 0.05) is 32.5 Å². The van der Waals surface area contributed by atoms with E-state index in [9.17, 15) is 4.79 Å². The maximum absolute atomic E-state index is 12.1. The van der Waals surface area contributed by atoms with E-state index in [2.05, 4.69) is 5.16 Å². The van der Waals surface area contributed by atoms with E-state index >= 15 is 0 Å². The molecule has 1 amide bonds. The molecule has 0 bridgehead atoms. The van der Waals surface area contributed by atoms with Gasteiger partial charge in [-0.25, -0.2) is 0 Å². The van der Waals surface area contributed by atoms with Crippen molar-refractivity contribution >= 4 is 11.6 Å². The highest BCUT2D eigenvalue weighted by Gasteiger charge is 2.34. The van der Waals surface area contributed by atoms with Gasteiger partial charge in [0.15, 0.2) is 0 Å². The van der Waals surface area contributed by atoms with Gasteiger partial charge >= 0.3 is 0 Å². The van der Waals surface area contributed by atoms with Crippen molar-refractivity contribution in [2.24, 2.45) is 11.1 Å². The summed E-state index contributed by atoms with van der Waals surface area (Å²) in [5.74, 6) is 0.217. The van der Waals surface area contributed by atoms with E-state index in [4.69, 9.17) is 9.94 Å². The molecule has 2 rings (SSSR count). The molecule has 2 aliphatic rings. The van der Waals surface area contributed by atoms with Gasteiger partial charge in [-0.3, -0.25) is 4.79 Å². The Morgan fingerprint density at radius 2 is 2.19 bits per heavy atom. The number of hydrogen-bond donors (Lipinski definition) is 1. The summed E-state index contributed by atoms with van der Waals surface area (Å²) >= 11 is 0. The van der Waals surface area contributed by atoms with Gasteiger partial charge < -0.3 is 14.8 Å². The highest BCUT2D eigenvalue weighted by Crippen LogP contribution is 2.24. The molecule has 5 heteroatoms. The van der Waals surface area contributed by atoms with Gasteiger partial charge in [-0.2, -0.15) is 0 Å². The molecule has 5 nitrogen and oxygen atoms in total. The summed E-state index contributed by atoms with van der Waals surface area (Å²) in [5, 5.41) is 11.8. The van der Waals surface area contributed by atoms with Crippen LogP contribution < -0.4 is 0 Å². The van der Waals surface area contributed by atoms with Crippen LogP contribution in [-0.2, 0) is 9.53 Å². The van der Waals surface area contributed by atoms with Gasteiger partial charge in [-0.05, 0) is 13.3 Å². The molecule has 0 aromatic carbocycles. The summed E-state index contributed by atoms with van der Waals surface area (Å²) in [6, 6.07) is 0. The number of carbonyl (C=O) groups is 1. The van der Waals surface area contributed by atoms with Crippen LogP contribution in [0.25, 0.3) is 0 Å². The van der Waals surface area contributed by atoms with Gasteiger partial charge in [-0.1, -0.05) is 5.16 Å². The number of ether oxygens (including phenoxy) is 1. The number of carbonyl (C=O) groups excluding carboxylic acids is 1. The summed E-state index contributed by atoms with van der Waals surface area (Å²) < 4.78 is 5.41. The van der Waals surface area contributed by atoms with Crippen LogP contribution in [-0.4, -0.2) is 47.5 Å². The average Bonchev–Trinajstić information content (AvgIpc) is 2.75. The van der Waals surface area contributed by atoms with E-state index in [0.29, 0.717) is 32.5 Å². The molecular weight excluding hydrogens is 208 g/mol. The fourth-order valence-corrected chi connectivity index (χ4v) is 2.38. The minimum absolute atomic E-state index is 0.0209. The molecule has 0 saturated carbocycles. The Morgan fingerprint density at radius 1 is 1.50 bits per heavy atom. The van der Waals surface area contributed by atoms with Crippen LogP contribution in [0, 0.1) is 5.92 Å². The lowest BCUT2D eigenvalue weighted by Crippen LogP contribution is -2.43. The normalized spacial score (nSPS) is 30.6. The summed E-state index contributed by atoms with van der Waals surface area (Å²) in [4.78, 5) is 14.0. The molecule has 2 aliphatic heterocycles. The van der Waals surface area contributed by atoms with E-state index in [0.717, 1.165) is 12.1 Å². The Labute approximate surface area is 95.1 Å². The first kappa shape index (κ1) is 11.4. The van der Waals surface area contributed by atoms with Gasteiger partial charge in [0.1, 0.15) is 0 Å². The van der Waals surface area contributed by atoms with Gasteiger partial charge in [0.2, 0.25) is 5.91 Å². The Bertz CT molecular complexity index is 294. The Kier molecular flexibility index (Phi) is 3.43. The van der Waals surface area contributed by atoms with Gasteiger partial charge in [-0.15, -0.1) is 0 Å². The minimum atomic E-state index is 0.0209. The fraction of sp³-hybridized carbons (Fsp3) is 0.818. The molecule has 1 N–H and O–H groups in total. The molecule has 0 aliphatic carbocycles.